The number of para-hydroxylation sites is 4. The van der Waals surface area contributed by atoms with Gasteiger partial charge in [0.25, 0.3) is 0 Å². The highest BCUT2D eigenvalue weighted by Crippen LogP contribution is 2.65. The van der Waals surface area contributed by atoms with E-state index in [0.717, 1.165) is 51.6 Å². The summed E-state index contributed by atoms with van der Waals surface area (Å²) in [7, 11) is 0. The zero-order chi connectivity index (χ0) is 49.7. The van der Waals surface area contributed by atoms with Crippen LogP contribution < -0.4 is 14.5 Å². The second-order valence-electron chi connectivity index (χ2n) is 23.0. The first-order valence-corrected chi connectivity index (χ1v) is 27.0. The summed E-state index contributed by atoms with van der Waals surface area (Å²) in [6.07, 6.45) is 8.82. The zero-order valence-corrected chi connectivity index (χ0v) is 42.9. The molecule has 2 aromatic heterocycles. The minimum Gasteiger partial charge on any atom is -0.457 e. The largest absolute Gasteiger partial charge is 0.457 e. The summed E-state index contributed by atoms with van der Waals surface area (Å²) < 4.78 is 9.55. The van der Waals surface area contributed by atoms with Crippen molar-refractivity contribution < 1.29 is 4.74 Å². The third-order valence-corrected chi connectivity index (χ3v) is 17.6. The summed E-state index contributed by atoms with van der Waals surface area (Å²) >= 11 is 0. The number of anilines is 4. The van der Waals surface area contributed by atoms with E-state index in [9.17, 15) is 0 Å². The van der Waals surface area contributed by atoms with E-state index in [0.29, 0.717) is 18.5 Å². The van der Waals surface area contributed by atoms with Gasteiger partial charge < -0.3 is 14.5 Å². The van der Waals surface area contributed by atoms with E-state index >= 15 is 0 Å². The third kappa shape index (κ3) is 7.29. The summed E-state index contributed by atoms with van der Waals surface area (Å²) in [5, 5.41) is 2.40. The lowest BCUT2D eigenvalue weighted by molar-refractivity contribution is -0.0418. The molecular formula is C69H62N4O. The number of rotatable bonds is 9. The molecule has 8 aromatic carbocycles. The molecular weight excluding hydrogens is 901 g/mol. The van der Waals surface area contributed by atoms with Crippen LogP contribution in [0.3, 0.4) is 0 Å². The Kier molecular flexibility index (Phi) is 10.5. The van der Waals surface area contributed by atoms with Crippen LogP contribution in [0.15, 0.2) is 206 Å². The highest BCUT2D eigenvalue weighted by molar-refractivity contribution is 6.09. The second kappa shape index (κ2) is 17.4. The van der Waals surface area contributed by atoms with Crippen molar-refractivity contribution in [1.29, 1.82) is 0 Å². The highest BCUT2D eigenvalue weighted by atomic mass is 16.5. The lowest BCUT2D eigenvalue weighted by Crippen LogP contribution is -2.56. The van der Waals surface area contributed by atoms with E-state index < -0.39 is 0 Å². The van der Waals surface area contributed by atoms with Gasteiger partial charge in [-0.3, -0.25) is 4.57 Å². The standard InChI is InChI=1S/C69H62N4O/c1-45-26-28-50(29-27-45)69(53-35-46-34-47(37-53)38-54(69)36-46)51-32-33-70-66(41-51)73-62-23-12-11-20-60(62)61-31-30-56(43-65(61)73)74-57-40-52(68(2,3)4)39-55(42-57)71-44-72(64-25-14-13-24-63(64)71)67-58(48-16-7-5-8-17-48)21-15-22-59(67)49-18-9-6-10-19-49/h5-33,39-43,46-47,53-54H,34-38,44H2,1-4H3. The zero-order valence-electron chi connectivity index (χ0n) is 42.9. The van der Waals surface area contributed by atoms with Crippen molar-refractivity contribution in [3.05, 3.63) is 229 Å². The van der Waals surface area contributed by atoms with Crippen molar-refractivity contribution in [3.63, 3.8) is 0 Å². The normalized spacial score (nSPS) is 20.9. The van der Waals surface area contributed by atoms with Gasteiger partial charge >= 0.3 is 0 Å². The molecule has 74 heavy (non-hydrogen) atoms. The van der Waals surface area contributed by atoms with Crippen LogP contribution in [-0.2, 0) is 10.8 Å². The maximum absolute atomic E-state index is 7.16. The molecule has 5 heteroatoms. The fraction of sp³-hybridized carbons (Fsp3) is 0.232. The number of hydrogen-bond donors (Lipinski definition) is 0. The third-order valence-electron chi connectivity index (χ3n) is 17.6. The molecule has 0 atom stereocenters. The quantitative estimate of drug-likeness (QED) is 0.144. The lowest BCUT2D eigenvalue weighted by Gasteiger charge is -2.62. The average Bonchev–Trinajstić information content (AvgIpc) is 3.99. The van der Waals surface area contributed by atoms with E-state index in [1.54, 1.807) is 0 Å². The summed E-state index contributed by atoms with van der Waals surface area (Å²) in [6, 6.07) is 73.9. The van der Waals surface area contributed by atoms with Crippen molar-refractivity contribution in [1.82, 2.24) is 9.55 Å². The SMILES string of the molecule is Cc1ccc(C2(c3ccnc(-n4c5ccccc5c5ccc(Oc6cc(N7CN(c8c(-c9ccccc9)cccc8-c8ccccc8)c8ccccc87)cc(C(C)(C)C)c6)cc54)c3)C3CC4CC(C3)CC2C4)cc1. The van der Waals surface area contributed by atoms with Gasteiger partial charge in [0.2, 0.25) is 0 Å². The number of pyridine rings is 1. The van der Waals surface area contributed by atoms with Crippen molar-refractivity contribution in [2.24, 2.45) is 23.7 Å². The predicted octanol–water partition coefficient (Wildman–Crippen LogP) is 17.9. The van der Waals surface area contributed by atoms with Crippen LogP contribution in [0.25, 0.3) is 49.9 Å². The second-order valence-corrected chi connectivity index (χ2v) is 23.0. The molecule has 0 amide bonds. The Hall–Kier alpha value is -7.89. The number of benzene rings is 8. The van der Waals surface area contributed by atoms with Crippen LogP contribution in [0.2, 0.25) is 0 Å². The van der Waals surface area contributed by atoms with Gasteiger partial charge in [0.1, 0.15) is 24.0 Å². The minimum absolute atomic E-state index is 0.0238. The van der Waals surface area contributed by atoms with Crippen LogP contribution in [0.1, 0.15) is 75.1 Å². The van der Waals surface area contributed by atoms with Gasteiger partial charge in [-0.1, -0.05) is 160 Å². The van der Waals surface area contributed by atoms with Gasteiger partial charge in [-0.15, -0.1) is 0 Å². The molecule has 10 aromatic rings. The van der Waals surface area contributed by atoms with Gasteiger partial charge in [0, 0.05) is 51.3 Å². The maximum Gasteiger partial charge on any atom is 0.137 e. The molecule has 0 unspecified atom stereocenters. The van der Waals surface area contributed by atoms with Gasteiger partial charge in [0.15, 0.2) is 0 Å². The molecule has 0 spiro atoms. The number of ether oxygens (including phenoxy) is 1. The van der Waals surface area contributed by atoms with Gasteiger partial charge in [-0.05, 0) is 151 Å². The minimum atomic E-state index is -0.145. The Bertz CT molecular complexity index is 3670. The molecule has 3 heterocycles. The topological polar surface area (TPSA) is 33.5 Å². The summed E-state index contributed by atoms with van der Waals surface area (Å²) in [6.45, 7) is 9.72. The lowest BCUT2D eigenvalue weighted by atomic mass is 9.42. The van der Waals surface area contributed by atoms with E-state index in [4.69, 9.17) is 9.72 Å². The molecule has 5 nitrogen and oxygen atoms in total. The van der Waals surface area contributed by atoms with Crippen LogP contribution in [0.5, 0.6) is 11.5 Å². The Balaban J connectivity index is 0.868. The summed E-state index contributed by atoms with van der Waals surface area (Å²) in [4.78, 5) is 10.2. The maximum atomic E-state index is 7.16. The van der Waals surface area contributed by atoms with Crippen LogP contribution in [-0.4, -0.2) is 16.2 Å². The van der Waals surface area contributed by atoms with Crippen LogP contribution in [0, 0.1) is 30.6 Å². The van der Waals surface area contributed by atoms with Crippen molar-refractivity contribution in [3.8, 4) is 39.6 Å². The average molecular weight is 963 g/mol. The molecule has 1 aliphatic heterocycles. The fourth-order valence-corrected chi connectivity index (χ4v) is 14.5. The van der Waals surface area contributed by atoms with Crippen molar-refractivity contribution >= 4 is 44.6 Å². The number of fused-ring (bicyclic) bond motifs is 4. The molecule has 4 fully saturated rings. The van der Waals surface area contributed by atoms with Crippen molar-refractivity contribution in [2.75, 3.05) is 16.5 Å². The molecule has 5 aliphatic rings. The number of nitrogens with zero attached hydrogens (tertiary/aromatic N) is 4. The van der Waals surface area contributed by atoms with E-state index in [1.165, 1.54) is 98.8 Å². The smallest absolute Gasteiger partial charge is 0.137 e. The Labute approximate surface area is 435 Å². The first-order valence-electron chi connectivity index (χ1n) is 27.0. The summed E-state index contributed by atoms with van der Waals surface area (Å²) in [5.41, 5.74) is 16.9. The first kappa shape index (κ1) is 44.8. The predicted molar refractivity (Wildman–Crippen MR) is 306 cm³/mol. The Morgan fingerprint density at radius 3 is 1.81 bits per heavy atom. The molecule has 0 saturated heterocycles. The summed E-state index contributed by atoms with van der Waals surface area (Å²) in [5.74, 6) is 5.57. The molecule has 15 rings (SSSR count). The van der Waals surface area contributed by atoms with E-state index in [2.05, 4.69) is 248 Å². The van der Waals surface area contributed by atoms with Gasteiger partial charge in [-0.25, -0.2) is 4.98 Å². The molecule has 4 aliphatic carbocycles. The van der Waals surface area contributed by atoms with Gasteiger partial charge in [-0.2, -0.15) is 0 Å². The number of aromatic nitrogens is 2. The molecule has 364 valence electrons. The Morgan fingerprint density at radius 1 is 0.514 bits per heavy atom. The fourth-order valence-electron chi connectivity index (χ4n) is 14.5. The Morgan fingerprint density at radius 2 is 1.14 bits per heavy atom. The van der Waals surface area contributed by atoms with Gasteiger partial charge in [0.05, 0.1) is 28.1 Å². The van der Waals surface area contributed by atoms with Crippen LogP contribution >= 0.6 is 0 Å². The van der Waals surface area contributed by atoms with E-state index in [-0.39, 0.29) is 10.8 Å². The highest BCUT2D eigenvalue weighted by Gasteiger charge is 2.58. The number of aryl methyl sites for hydroxylation is 1. The first-order chi connectivity index (χ1) is 36.2. The number of hydrogen-bond acceptors (Lipinski definition) is 4. The molecule has 0 radical (unpaired) electrons. The van der Waals surface area contributed by atoms with Crippen LogP contribution in [0.4, 0.5) is 22.7 Å². The molecule has 4 saturated carbocycles. The molecule has 0 N–H and O–H groups in total. The van der Waals surface area contributed by atoms with Crippen molar-refractivity contribution in [2.45, 2.75) is 70.6 Å². The van der Waals surface area contributed by atoms with E-state index in [1.807, 2.05) is 0 Å². The molecule has 4 bridgehead atoms. The monoisotopic (exact) mass is 962 g/mol.